The Morgan fingerprint density at radius 1 is 1.13 bits per heavy atom. The van der Waals surface area contributed by atoms with Gasteiger partial charge in [0, 0.05) is 5.54 Å². The molecular weight excluding hydrogens is 190 g/mol. The molecule has 0 aliphatic heterocycles. The smallest absolute Gasteiger partial charge is 0.407 e. The maximum absolute atomic E-state index is 11.2. The Morgan fingerprint density at radius 3 is 2.07 bits per heavy atom. The molecule has 3 nitrogen and oxygen atoms in total. The van der Waals surface area contributed by atoms with Crippen LogP contribution in [0.1, 0.15) is 54.4 Å². The van der Waals surface area contributed by atoms with E-state index in [0.717, 1.165) is 12.8 Å². The third-order valence-corrected chi connectivity index (χ3v) is 1.78. The number of carbonyl (C=O) groups excluding carboxylic acids is 1. The molecule has 0 aromatic heterocycles. The predicted molar refractivity (Wildman–Crippen MR) is 62.9 cm³/mol. The Balaban J connectivity index is 3.57. The van der Waals surface area contributed by atoms with Crippen LogP contribution in [0.5, 0.6) is 0 Å². The number of hydrogen-bond acceptors (Lipinski definition) is 2. The van der Waals surface area contributed by atoms with Gasteiger partial charge in [0.25, 0.3) is 0 Å². The summed E-state index contributed by atoms with van der Waals surface area (Å²) in [5, 5.41) is 2.76. The fraction of sp³-hybridized carbons (Fsp3) is 0.917. The van der Waals surface area contributed by atoms with Gasteiger partial charge in [0.2, 0.25) is 0 Å². The summed E-state index contributed by atoms with van der Waals surface area (Å²) in [6.07, 6.45) is 1.66. The van der Waals surface area contributed by atoms with Crippen molar-refractivity contribution in [2.45, 2.75) is 59.9 Å². The van der Waals surface area contributed by atoms with Crippen LogP contribution < -0.4 is 5.32 Å². The van der Waals surface area contributed by atoms with Crippen LogP contribution in [0.15, 0.2) is 0 Å². The average molecular weight is 215 g/mol. The van der Waals surface area contributed by atoms with E-state index in [1.807, 2.05) is 20.8 Å². The zero-order valence-electron chi connectivity index (χ0n) is 10.9. The lowest BCUT2D eigenvalue weighted by atomic mass is 9.91. The first-order chi connectivity index (χ1) is 6.60. The van der Waals surface area contributed by atoms with E-state index in [9.17, 15) is 4.79 Å². The molecular formula is C12H25NO2. The lowest BCUT2D eigenvalue weighted by Gasteiger charge is -2.21. The molecule has 0 spiro atoms. The summed E-state index contributed by atoms with van der Waals surface area (Å²) in [5.74, 6) is 0. The highest BCUT2D eigenvalue weighted by molar-refractivity contribution is 5.67. The molecule has 0 aliphatic rings. The standard InChI is InChI=1S/C12H25NO2/c1-11(2,3)8-7-9-15-10(14)13-12(4,5)6/h7-9H2,1-6H3,(H,13,14). The van der Waals surface area contributed by atoms with E-state index in [1.165, 1.54) is 0 Å². The molecule has 3 heteroatoms. The molecule has 0 fully saturated rings. The molecule has 0 atom stereocenters. The number of carbonyl (C=O) groups is 1. The van der Waals surface area contributed by atoms with Gasteiger partial charge < -0.3 is 10.1 Å². The first kappa shape index (κ1) is 14.3. The summed E-state index contributed by atoms with van der Waals surface area (Å²) in [6.45, 7) is 12.8. The molecule has 0 saturated heterocycles. The Labute approximate surface area is 93.6 Å². The van der Waals surface area contributed by atoms with E-state index in [4.69, 9.17) is 4.74 Å². The molecule has 0 unspecified atom stereocenters. The van der Waals surface area contributed by atoms with Gasteiger partial charge >= 0.3 is 6.09 Å². The lowest BCUT2D eigenvalue weighted by Crippen LogP contribution is -2.41. The molecule has 0 rings (SSSR count). The molecule has 0 aromatic carbocycles. The lowest BCUT2D eigenvalue weighted by molar-refractivity contribution is 0.131. The molecule has 90 valence electrons. The van der Waals surface area contributed by atoms with E-state index in [0.29, 0.717) is 12.0 Å². The minimum absolute atomic E-state index is 0.221. The van der Waals surface area contributed by atoms with Crippen LogP contribution in [0.3, 0.4) is 0 Å². The summed E-state index contributed by atoms with van der Waals surface area (Å²) in [5.41, 5.74) is 0.0883. The van der Waals surface area contributed by atoms with Crippen molar-refractivity contribution in [3.63, 3.8) is 0 Å². The zero-order valence-corrected chi connectivity index (χ0v) is 10.9. The summed E-state index contributed by atoms with van der Waals surface area (Å²) in [6, 6.07) is 0. The molecule has 1 N–H and O–H groups in total. The molecule has 0 aliphatic carbocycles. The Hall–Kier alpha value is -0.730. The summed E-state index contributed by atoms with van der Waals surface area (Å²) < 4.78 is 5.06. The number of rotatable bonds is 3. The van der Waals surface area contributed by atoms with Crippen LogP contribution in [-0.2, 0) is 4.74 Å². The SMILES string of the molecule is CC(C)(C)CCCOC(=O)NC(C)(C)C. The second kappa shape index (κ2) is 5.38. The van der Waals surface area contributed by atoms with Gasteiger partial charge in [0.1, 0.15) is 0 Å². The van der Waals surface area contributed by atoms with Gasteiger partial charge in [-0.1, -0.05) is 20.8 Å². The molecule has 0 radical (unpaired) electrons. The van der Waals surface area contributed by atoms with E-state index in [2.05, 4.69) is 26.1 Å². The number of nitrogens with one attached hydrogen (secondary N) is 1. The average Bonchev–Trinajstić information content (AvgIpc) is 1.92. The first-order valence-corrected chi connectivity index (χ1v) is 5.55. The summed E-state index contributed by atoms with van der Waals surface area (Å²) in [7, 11) is 0. The van der Waals surface area contributed by atoms with E-state index in [1.54, 1.807) is 0 Å². The zero-order chi connectivity index (χ0) is 12.1. The number of amides is 1. The molecule has 0 saturated carbocycles. The third kappa shape index (κ3) is 11.2. The second-order valence-corrected chi connectivity index (χ2v) is 6.18. The molecule has 1 amide bonds. The quantitative estimate of drug-likeness (QED) is 0.733. The number of hydrogen-bond donors (Lipinski definition) is 1. The summed E-state index contributed by atoms with van der Waals surface area (Å²) >= 11 is 0. The maximum atomic E-state index is 11.2. The van der Waals surface area contributed by atoms with E-state index >= 15 is 0 Å². The highest BCUT2D eigenvalue weighted by Crippen LogP contribution is 2.20. The Bertz CT molecular complexity index is 199. The second-order valence-electron chi connectivity index (χ2n) is 6.18. The highest BCUT2D eigenvalue weighted by Gasteiger charge is 2.15. The van der Waals surface area contributed by atoms with Crippen molar-refractivity contribution in [1.29, 1.82) is 0 Å². The number of ether oxygens (including phenoxy) is 1. The van der Waals surface area contributed by atoms with Crippen molar-refractivity contribution in [3.05, 3.63) is 0 Å². The Kier molecular flexibility index (Phi) is 5.12. The molecule has 0 bridgehead atoms. The van der Waals surface area contributed by atoms with Gasteiger partial charge in [-0.15, -0.1) is 0 Å². The van der Waals surface area contributed by atoms with Crippen LogP contribution in [-0.4, -0.2) is 18.2 Å². The van der Waals surface area contributed by atoms with Gasteiger partial charge in [0.15, 0.2) is 0 Å². The van der Waals surface area contributed by atoms with Crippen LogP contribution in [0, 0.1) is 5.41 Å². The van der Waals surface area contributed by atoms with Crippen LogP contribution in [0.2, 0.25) is 0 Å². The van der Waals surface area contributed by atoms with Crippen molar-refractivity contribution >= 4 is 6.09 Å². The fourth-order valence-corrected chi connectivity index (χ4v) is 1.11. The molecule has 0 aromatic rings. The van der Waals surface area contributed by atoms with Crippen LogP contribution in [0.4, 0.5) is 4.79 Å². The van der Waals surface area contributed by atoms with Gasteiger partial charge in [0.05, 0.1) is 6.61 Å². The fourth-order valence-electron chi connectivity index (χ4n) is 1.11. The van der Waals surface area contributed by atoms with E-state index in [-0.39, 0.29) is 11.6 Å². The highest BCUT2D eigenvalue weighted by atomic mass is 16.5. The van der Waals surface area contributed by atoms with Crippen molar-refractivity contribution in [1.82, 2.24) is 5.32 Å². The largest absolute Gasteiger partial charge is 0.450 e. The molecule has 15 heavy (non-hydrogen) atoms. The van der Waals surface area contributed by atoms with Gasteiger partial charge in [-0.05, 0) is 39.0 Å². The number of alkyl carbamates (subject to hydrolysis) is 1. The minimum Gasteiger partial charge on any atom is -0.450 e. The Morgan fingerprint density at radius 2 is 1.67 bits per heavy atom. The van der Waals surface area contributed by atoms with Crippen LogP contribution in [0.25, 0.3) is 0 Å². The van der Waals surface area contributed by atoms with Crippen molar-refractivity contribution in [2.24, 2.45) is 5.41 Å². The van der Waals surface area contributed by atoms with Gasteiger partial charge in [-0.25, -0.2) is 4.79 Å². The first-order valence-electron chi connectivity index (χ1n) is 5.55. The van der Waals surface area contributed by atoms with Gasteiger partial charge in [-0.2, -0.15) is 0 Å². The van der Waals surface area contributed by atoms with Crippen molar-refractivity contribution in [3.8, 4) is 0 Å². The van der Waals surface area contributed by atoms with Crippen molar-refractivity contribution in [2.75, 3.05) is 6.61 Å². The normalized spacial score (nSPS) is 12.4. The van der Waals surface area contributed by atoms with Gasteiger partial charge in [-0.3, -0.25) is 0 Å². The summed E-state index contributed by atoms with van der Waals surface area (Å²) in [4.78, 5) is 11.2. The minimum atomic E-state index is -0.323. The maximum Gasteiger partial charge on any atom is 0.407 e. The topological polar surface area (TPSA) is 38.3 Å². The monoisotopic (exact) mass is 215 g/mol. The van der Waals surface area contributed by atoms with Crippen molar-refractivity contribution < 1.29 is 9.53 Å². The molecule has 0 heterocycles. The predicted octanol–water partition coefficient (Wildman–Crippen LogP) is 3.34. The third-order valence-electron chi connectivity index (χ3n) is 1.78. The van der Waals surface area contributed by atoms with Crippen LogP contribution >= 0.6 is 0 Å². The van der Waals surface area contributed by atoms with E-state index < -0.39 is 0 Å².